The second-order valence-corrected chi connectivity index (χ2v) is 3.48. The molecule has 0 aromatic heterocycles. The molecule has 16 heavy (non-hydrogen) atoms. The lowest BCUT2D eigenvalue weighted by Gasteiger charge is -2.20. The Hall–Kier alpha value is -1.84. The van der Waals surface area contributed by atoms with E-state index in [4.69, 9.17) is 0 Å². The molecule has 0 fully saturated rings. The molecule has 86 valence electrons. The fourth-order valence-corrected chi connectivity index (χ4v) is 1.35. The normalized spacial score (nSPS) is 11.7. The van der Waals surface area contributed by atoms with Crippen LogP contribution in [-0.4, -0.2) is 26.0 Å². The number of nitrogens with zero attached hydrogens (tertiary/aromatic N) is 1. The summed E-state index contributed by atoms with van der Waals surface area (Å²) in [4.78, 5) is 24.5. The topological polar surface area (TPSA) is 46.6 Å². The van der Waals surface area contributed by atoms with E-state index in [1.54, 1.807) is 7.05 Å². The molecule has 0 spiro atoms. The number of rotatable bonds is 3. The van der Waals surface area contributed by atoms with Crippen molar-refractivity contribution >= 4 is 17.6 Å². The van der Waals surface area contributed by atoms with Crippen molar-refractivity contribution in [3.63, 3.8) is 0 Å². The first-order valence-electron chi connectivity index (χ1n) is 4.98. The molecular weight excluding hydrogens is 206 g/mol. The quantitative estimate of drug-likeness (QED) is 0.573. The summed E-state index contributed by atoms with van der Waals surface area (Å²) in [5.41, 5.74) is 0.753. The van der Waals surface area contributed by atoms with Crippen LogP contribution in [0, 0.1) is 5.92 Å². The Morgan fingerprint density at radius 1 is 1.25 bits per heavy atom. The SMILES string of the molecule is COC(=O)[C@H](C)C(=O)N(C)c1ccccc1. The van der Waals surface area contributed by atoms with Crippen LogP contribution in [0.1, 0.15) is 6.92 Å². The van der Waals surface area contributed by atoms with Crippen molar-refractivity contribution < 1.29 is 14.3 Å². The van der Waals surface area contributed by atoms with E-state index >= 15 is 0 Å². The highest BCUT2D eigenvalue weighted by Gasteiger charge is 2.25. The Labute approximate surface area is 94.8 Å². The van der Waals surface area contributed by atoms with Crippen LogP contribution < -0.4 is 4.90 Å². The minimum atomic E-state index is -0.782. The van der Waals surface area contributed by atoms with Gasteiger partial charge in [-0.25, -0.2) is 0 Å². The van der Waals surface area contributed by atoms with E-state index < -0.39 is 11.9 Å². The number of hydrogen-bond donors (Lipinski definition) is 0. The lowest BCUT2D eigenvalue weighted by molar-refractivity contribution is -0.148. The zero-order chi connectivity index (χ0) is 12.1. The van der Waals surface area contributed by atoms with Crippen LogP contribution in [0.15, 0.2) is 30.3 Å². The van der Waals surface area contributed by atoms with Gasteiger partial charge in [0.05, 0.1) is 7.11 Å². The number of para-hydroxylation sites is 1. The third kappa shape index (κ3) is 2.59. The van der Waals surface area contributed by atoms with Crippen molar-refractivity contribution in [3.8, 4) is 0 Å². The molecule has 4 nitrogen and oxygen atoms in total. The maximum absolute atomic E-state index is 11.9. The number of hydrogen-bond acceptors (Lipinski definition) is 3. The third-order valence-corrected chi connectivity index (χ3v) is 2.40. The van der Waals surface area contributed by atoms with E-state index in [1.165, 1.54) is 18.9 Å². The van der Waals surface area contributed by atoms with Gasteiger partial charge in [0.2, 0.25) is 5.91 Å². The number of methoxy groups -OCH3 is 1. The highest BCUT2D eigenvalue weighted by Crippen LogP contribution is 2.14. The molecule has 0 aliphatic carbocycles. The molecule has 0 aliphatic heterocycles. The van der Waals surface area contributed by atoms with Crippen LogP contribution in [0.25, 0.3) is 0 Å². The van der Waals surface area contributed by atoms with E-state index in [2.05, 4.69) is 4.74 Å². The molecule has 1 rings (SSSR count). The molecule has 1 aromatic rings. The maximum Gasteiger partial charge on any atom is 0.317 e. The van der Waals surface area contributed by atoms with Crippen LogP contribution in [0.5, 0.6) is 0 Å². The first-order chi connectivity index (χ1) is 7.57. The Bertz CT molecular complexity index is 375. The number of carbonyl (C=O) groups is 2. The number of esters is 1. The monoisotopic (exact) mass is 221 g/mol. The molecule has 1 amide bonds. The Morgan fingerprint density at radius 2 is 1.81 bits per heavy atom. The molecule has 4 heteroatoms. The van der Waals surface area contributed by atoms with Crippen LogP contribution in [0.3, 0.4) is 0 Å². The predicted octanol–water partition coefficient (Wildman–Crippen LogP) is 1.46. The standard InChI is InChI=1S/C12H15NO3/c1-9(12(15)16-3)11(14)13(2)10-7-5-4-6-8-10/h4-9H,1-3H3/t9-/m1/s1. The highest BCUT2D eigenvalue weighted by atomic mass is 16.5. The average Bonchev–Trinajstić information content (AvgIpc) is 2.36. The summed E-state index contributed by atoms with van der Waals surface area (Å²) < 4.78 is 4.53. The molecule has 1 aromatic carbocycles. The van der Waals surface area contributed by atoms with Crippen molar-refractivity contribution in [2.45, 2.75) is 6.92 Å². The zero-order valence-corrected chi connectivity index (χ0v) is 9.64. The largest absolute Gasteiger partial charge is 0.468 e. The number of amides is 1. The van der Waals surface area contributed by atoms with E-state index in [9.17, 15) is 9.59 Å². The fourth-order valence-electron chi connectivity index (χ4n) is 1.35. The summed E-state index contributed by atoms with van der Waals surface area (Å²) in [7, 11) is 2.91. The van der Waals surface area contributed by atoms with Crippen LogP contribution >= 0.6 is 0 Å². The minimum Gasteiger partial charge on any atom is -0.468 e. The molecule has 0 aliphatic rings. The van der Waals surface area contributed by atoms with Gasteiger partial charge in [0.1, 0.15) is 5.92 Å². The molecule has 0 saturated carbocycles. The summed E-state index contributed by atoms with van der Waals surface area (Å²) in [6, 6.07) is 9.15. The molecule has 0 bridgehead atoms. The van der Waals surface area contributed by atoms with Gasteiger partial charge < -0.3 is 9.64 Å². The lowest BCUT2D eigenvalue weighted by atomic mass is 10.1. The van der Waals surface area contributed by atoms with Gasteiger partial charge >= 0.3 is 5.97 Å². The highest BCUT2D eigenvalue weighted by molar-refractivity contribution is 6.05. The van der Waals surface area contributed by atoms with Crippen LogP contribution in [0.2, 0.25) is 0 Å². The molecular formula is C12H15NO3. The van der Waals surface area contributed by atoms with Gasteiger partial charge in [0.25, 0.3) is 0 Å². The second kappa shape index (κ2) is 5.30. The van der Waals surface area contributed by atoms with Gasteiger partial charge in [0.15, 0.2) is 0 Å². The van der Waals surface area contributed by atoms with Gasteiger partial charge in [-0.3, -0.25) is 9.59 Å². The van der Waals surface area contributed by atoms with Crippen LogP contribution in [0.4, 0.5) is 5.69 Å². The molecule has 0 radical (unpaired) electrons. The Balaban J connectivity index is 2.79. The van der Waals surface area contributed by atoms with E-state index in [0.29, 0.717) is 0 Å². The summed E-state index contributed by atoms with van der Waals surface area (Å²) in [6.07, 6.45) is 0. The first-order valence-corrected chi connectivity index (χ1v) is 4.98. The van der Waals surface area contributed by atoms with Gasteiger partial charge in [0, 0.05) is 12.7 Å². The number of carbonyl (C=O) groups excluding carboxylic acids is 2. The smallest absolute Gasteiger partial charge is 0.317 e. The van der Waals surface area contributed by atoms with E-state index in [1.807, 2.05) is 30.3 Å². The summed E-state index contributed by atoms with van der Waals surface area (Å²) in [5, 5.41) is 0. The van der Waals surface area contributed by atoms with Gasteiger partial charge in [-0.05, 0) is 19.1 Å². The molecule has 0 unspecified atom stereocenters. The predicted molar refractivity (Wildman–Crippen MR) is 61.0 cm³/mol. The van der Waals surface area contributed by atoms with Gasteiger partial charge in [-0.15, -0.1) is 0 Å². The zero-order valence-electron chi connectivity index (χ0n) is 9.64. The third-order valence-electron chi connectivity index (χ3n) is 2.40. The first kappa shape index (κ1) is 12.2. The van der Waals surface area contributed by atoms with Crippen LogP contribution in [-0.2, 0) is 14.3 Å². The van der Waals surface area contributed by atoms with Crippen molar-refractivity contribution in [1.29, 1.82) is 0 Å². The Morgan fingerprint density at radius 3 is 2.31 bits per heavy atom. The minimum absolute atomic E-state index is 0.280. The summed E-state index contributed by atoms with van der Waals surface area (Å²) >= 11 is 0. The lowest BCUT2D eigenvalue weighted by Crippen LogP contribution is -2.35. The van der Waals surface area contributed by atoms with Crippen molar-refractivity contribution in [2.75, 3.05) is 19.1 Å². The van der Waals surface area contributed by atoms with Gasteiger partial charge in [-0.2, -0.15) is 0 Å². The number of ether oxygens (including phenoxy) is 1. The van der Waals surface area contributed by atoms with Crippen molar-refractivity contribution in [3.05, 3.63) is 30.3 Å². The number of anilines is 1. The molecule has 0 N–H and O–H groups in total. The average molecular weight is 221 g/mol. The summed E-state index contributed by atoms with van der Waals surface area (Å²) in [6.45, 7) is 1.54. The van der Waals surface area contributed by atoms with Crippen molar-refractivity contribution in [2.24, 2.45) is 5.92 Å². The molecule has 0 heterocycles. The number of benzene rings is 1. The molecule has 1 atom stereocenters. The maximum atomic E-state index is 11.9. The Kier molecular flexibility index (Phi) is 4.05. The fraction of sp³-hybridized carbons (Fsp3) is 0.333. The molecule has 0 saturated heterocycles. The van der Waals surface area contributed by atoms with Gasteiger partial charge in [-0.1, -0.05) is 18.2 Å². The second-order valence-electron chi connectivity index (χ2n) is 3.48. The van der Waals surface area contributed by atoms with E-state index in [0.717, 1.165) is 5.69 Å². The van der Waals surface area contributed by atoms with Crippen molar-refractivity contribution in [1.82, 2.24) is 0 Å². The summed E-state index contributed by atoms with van der Waals surface area (Å²) in [5.74, 6) is -1.58. The van der Waals surface area contributed by atoms with E-state index in [-0.39, 0.29) is 5.91 Å².